The number of hydrogen-bond donors (Lipinski definition) is 0. The first kappa shape index (κ1) is 20.4. The molecule has 2 aliphatic heterocycles. The highest BCUT2D eigenvalue weighted by molar-refractivity contribution is 8.13. The lowest BCUT2D eigenvalue weighted by Gasteiger charge is -2.26. The minimum Gasteiger partial charge on any atom is -0.341 e. The Balaban J connectivity index is 1.54. The third-order valence-corrected chi connectivity index (χ3v) is 8.60. The van der Waals surface area contributed by atoms with Gasteiger partial charge in [0.15, 0.2) is 15.0 Å². The quantitative estimate of drug-likeness (QED) is 0.630. The second-order valence-electron chi connectivity index (χ2n) is 6.91. The molecule has 2 aromatic rings. The van der Waals surface area contributed by atoms with E-state index in [0.29, 0.717) is 27.4 Å². The van der Waals surface area contributed by atoms with Crippen LogP contribution in [0.1, 0.15) is 11.1 Å². The van der Waals surface area contributed by atoms with Gasteiger partial charge in [0.25, 0.3) is 0 Å². The molecular weight excluding hydrogens is 459 g/mol. The minimum atomic E-state index is -3.05. The molecular formula is C19H17Cl3N2O2S2. The van der Waals surface area contributed by atoms with Crippen LogP contribution in [0, 0.1) is 0 Å². The Morgan fingerprint density at radius 2 is 1.71 bits per heavy atom. The van der Waals surface area contributed by atoms with Crippen LogP contribution < -0.4 is 0 Å². The predicted molar refractivity (Wildman–Crippen MR) is 118 cm³/mol. The zero-order chi connectivity index (χ0) is 19.9. The number of benzene rings is 2. The van der Waals surface area contributed by atoms with Gasteiger partial charge in [0, 0.05) is 17.3 Å². The van der Waals surface area contributed by atoms with Crippen molar-refractivity contribution in [3.05, 3.63) is 68.7 Å². The van der Waals surface area contributed by atoms with Gasteiger partial charge in [0.05, 0.1) is 33.6 Å². The van der Waals surface area contributed by atoms with E-state index >= 15 is 0 Å². The standard InChI is InChI=1S/C19H17Cl3N2O2S2/c20-14-4-1-12(2-5-14)8-24-18-11-28(25,26)10-17(18)23-19(24)27-9-13-3-6-15(21)16(22)7-13/h1-7,17-18H,8-11H2/t17-,18+/m0/s1. The summed E-state index contributed by atoms with van der Waals surface area (Å²) in [6.45, 7) is 0.598. The first-order valence-corrected chi connectivity index (χ1v) is 12.6. The van der Waals surface area contributed by atoms with E-state index in [-0.39, 0.29) is 23.6 Å². The van der Waals surface area contributed by atoms with Gasteiger partial charge >= 0.3 is 0 Å². The van der Waals surface area contributed by atoms with Crippen molar-refractivity contribution in [3.63, 3.8) is 0 Å². The largest absolute Gasteiger partial charge is 0.341 e. The molecule has 0 N–H and O–H groups in total. The van der Waals surface area contributed by atoms with Gasteiger partial charge < -0.3 is 4.90 Å². The zero-order valence-corrected chi connectivity index (χ0v) is 18.6. The molecule has 0 unspecified atom stereocenters. The summed E-state index contributed by atoms with van der Waals surface area (Å²) < 4.78 is 24.2. The van der Waals surface area contributed by atoms with Crippen LogP contribution in [-0.4, -0.2) is 42.1 Å². The summed E-state index contributed by atoms with van der Waals surface area (Å²) >= 11 is 19.7. The van der Waals surface area contributed by atoms with Gasteiger partial charge in [-0.3, -0.25) is 4.99 Å². The van der Waals surface area contributed by atoms with Crippen molar-refractivity contribution in [1.29, 1.82) is 0 Å². The molecule has 4 nitrogen and oxygen atoms in total. The summed E-state index contributed by atoms with van der Waals surface area (Å²) in [4.78, 5) is 6.85. The lowest BCUT2D eigenvalue weighted by atomic mass is 10.1. The van der Waals surface area contributed by atoms with E-state index < -0.39 is 9.84 Å². The van der Waals surface area contributed by atoms with Crippen LogP contribution in [0.4, 0.5) is 0 Å². The third-order valence-electron chi connectivity index (χ3n) is 4.83. The Bertz CT molecular complexity index is 1030. The summed E-state index contributed by atoms with van der Waals surface area (Å²) in [6, 6.07) is 12.9. The van der Waals surface area contributed by atoms with Gasteiger partial charge in [0.2, 0.25) is 0 Å². The predicted octanol–water partition coefficient (Wildman–Crippen LogP) is 4.92. The van der Waals surface area contributed by atoms with E-state index in [1.165, 1.54) is 0 Å². The van der Waals surface area contributed by atoms with Crippen LogP contribution in [0.5, 0.6) is 0 Å². The van der Waals surface area contributed by atoms with Gasteiger partial charge in [-0.25, -0.2) is 8.42 Å². The molecule has 2 heterocycles. The highest BCUT2D eigenvalue weighted by Gasteiger charge is 2.46. The first-order chi connectivity index (χ1) is 13.3. The van der Waals surface area contributed by atoms with Crippen molar-refractivity contribution >= 4 is 61.6 Å². The van der Waals surface area contributed by atoms with Crippen LogP contribution in [-0.2, 0) is 22.1 Å². The zero-order valence-electron chi connectivity index (χ0n) is 14.7. The molecule has 9 heteroatoms. The van der Waals surface area contributed by atoms with Crippen molar-refractivity contribution < 1.29 is 8.42 Å². The molecule has 2 aliphatic rings. The van der Waals surface area contributed by atoms with E-state index in [1.807, 2.05) is 36.4 Å². The number of nitrogens with zero attached hydrogens (tertiary/aromatic N) is 2. The maximum Gasteiger partial charge on any atom is 0.160 e. The number of amidine groups is 1. The molecule has 0 spiro atoms. The summed E-state index contributed by atoms with van der Waals surface area (Å²) in [6.07, 6.45) is 0. The topological polar surface area (TPSA) is 49.7 Å². The van der Waals surface area contributed by atoms with Crippen LogP contribution in [0.3, 0.4) is 0 Å². The molecule has 148 valence electrons. The molecule has 1 fully saturated rings. The fourth-order valence-corrected chi connectivity index (χ4v) is 6.83. The lowest BCUT2D eigenvalue weighted by Crippen LogP contribution is -2.38. The van der Waals surface area contributed by atoms with Gasteiger partial charge in [0.1, 0.15) is 0 Å². The van der Waals surface area contributed by atoms with Crippen LogP contribution >= 0.6 is 46.6 Å². The fourth-order valence-electron chi connectivity index (χ4n) is 3.46. The highest BCUT2D eigenvalue weighted by Crippen LogP contribution is 2.34. The molecule has 2 aromatic carbocycles. The molecule has 28 heavy (non-hydrogen) atoms. The average molecular weight is 476 g/mol. The first-order valence-electron chi connectivity index (χ1n) is 8.67. The van der Waals surface area contributed by atoms with Gasteiger partial charge in [-0.2, -0.15) is 0 Å². The molecule has 1 saturated heterocycles. The molecule has 0 amide bonds. The van der Waals surface area contributed by atoms with Crippen molar-refractivity contribution in [2.75, 3.05) is 11.5 Å². The highest BCUT2D eigenvalue weighted by atomic mass is 35.5. The van der Waals surface area contributed by atoms with Crippen molar-refractivity contribution in [1.82, 2.24) is 4.90 Å². The summed E-state index contributed by atoms with van der Waals surface area (Å²) in [5.74, 6) is 0.941. The molecule has 0 saturated carbocycles. The minimum absolute atomic E-state index is 0.114. The molecule has 0 aromatic heterocycles. The SMILES string of the molecule is O=S1(=O)C[C@@H]2N=C(SCc3ccc(Cl)c(Cl)c3)N(Cc3ccc(Cl)cc3)[C@@H]2C1. The Morgan fingerprint density at radius 1 is 1.00 bits per heavy atom. The lowest BCUT2D eigenvalue weighted by molar-refractivity contribution is 0.343. The smallest absolute Gasteiger partial charge is 0.160 e. The molecule has 2 atom stereocenters. The Kier molecular flexibility index (Phi) is 5.87. The second-order valence-corrected chi connectivity index (χ2v) is 11.3. The molecule has 0 aliphatic carbocycles. The monoisotopic (exact) mass is 474 g/mol. The maximum absolute atomic E-state index is 12.1. The number of sulfone groups is 1. The number of fused-ring (bicyclic) bond motifs is 1. The molecule has 0 bridgehead atoms. The van der Waals surface area contributed by atoms with E-state index in [1.54, 1.807) is 17.8 Å². The third kappa shape index (κ3) is 4.46. The van der Waals surface area contributed by atoms with Crippen LogP contribution in [0.2, 0.25) is 15.1 Å². The van der Waals surface area contributed by atoms with Crippen molar-refractivity contribution in [2.24, 2.45) is 4.99 Å². The average Bonchev–Trinajstić information content (AvgIpc) is 3.10. The van der Waals surface area contributed by atoms with Gasteiger partial charge in [-0.1, -0.05) is 64.8 Å². The van der Waals surface area contributed by atoms with E-state index in [0.717, 1.165) is 16.3 Å². The van der Waals surface area contributed by atoms with E-state index in [9.17, 15) is 8.42 Å². The number of halogens is 3. The van der Waals surface area contributed by atoms with Crippen molar-refractivity contribution in [3.8, 4) is 0 Å². The number of hydrogen-bond acceptors (Lipinski definition) is 5. The van der Waals surface area contributed by atoms with Crippen LogP contribution in [0.15, 0.2) is 47.5 Å². The van der Waals surface area contributed by atoms with Crippen LogP contribution in [0.25, 0.3) is 0 Å². The van der Waals surface area contributed by atoms with E-state index in [4.69, 9.17) is 39.8 Å². The van der Waals surface area contributed by atoms with Crippen molar-refractivity contribution in [2.45, 2.75) is 24.4 Å². The number of rotatable bonds is 4. The summed E-state index contributed by atoms with van der Waals surface area (Å²) in [7, 11) is -3.05. The van der Waals surface area contributed by atoms with Gasteiger partial charge in [-0.15, -0.1) is 0 Å². The Labute approximate surface area is 183 Å². The number of thioether (sulfide) groups is 1. The second kappa shape index (κ2) is 8.07. The fraction of sp³-hybridized carbons (Fsp3) is 0.316. The summed E-state index contributed by atoms with van der Waals surface area (Å²) in [5.41, 5.74) is 2.11. The molecule has 0 radical (unpaired) electrons. The molecule has 4 rings (SSSR count). The summed E-state index contributed by atoms with van der Waals surface area (Å²) in [5, 5.41) is 2.59. The maximum atomic E-state index is 12.1. The normalized spacial score (nSPS) is 23.0. The van der Waals surface area contributed by atoms with Gasteiger partial charge in [-0.05, 0) is 35.4 Å². The van der Waals surface area contributed by atoms with E-state index in [2.05, 4.69) is 4.90 Å². The Morgan fingerprint density at radius 3 is 2.43 bits per heavy atom. The number of aliphatic imine (C=N–C) groups is 1. The Hall–Kier alpha value is -0.920.